The number of pyridine rings is 1. The third kappa shape index (κ3) is 5.52. The van der Waals surface area contributed by atoms with Gasteiger partial charge in [0, 0.05) is 6.20 Å². The standard InChI is InChI=1S/C14H5F17N2O3/c15-7(10(19,20)21,6(34)33-5-2-1-3-32-4-5)35-14(30,31)9(18,12(25,26)27)36-13(28,29)8(16,17)11(22,23)24/h1-4H,(H,33,34)/t7-,9+/m0/s1. The van der Waals surface area contributed by atoms with Crippen molar-refractivity contribution in [2.24, 2.45) is 0 Å². The second kappa shape index (κ2) is 9.03. The Kier molecular flexibility index (Phi) is 7.87. The summed E-state index contributed by atoms with van der Waals surface area (Å²) >= 11 is 0. The number of nitrogens with one attached hydrogen (secondary N) is 1. The van der Waals surface area contributed by atoms with Crippen LogP contribution >= 0.6 is 0 Å². The van der Waals surface area contributed by atoms with Crippen molar-refractivity contribution in [1.82, 2.24) is 4.98 Å². The van der Waals surface area contributed by atoms with Gasteiger partial charge in [0.05, 0.1) is 11.9 Å². The Hall–Kier alpha value is -2.65. The molecule has 36 heavy (non-hydrogen) atoms. The SMILES string of the molecule is O=C(Nc1cccnc1)[C@](F)(OC(F)(F)[C@](F)(OC(F)(F)C(F)(F)C(F)(F)F)C(F)(F)F)C(F)(F)F. The summed E-state index contributed by atoms with van der Waals surface area (Å²) in [6.45, 7) is 0. The van der Waals surface area contributed by atoms with Crippen LogP contribution in [-0.4, -0.2) is 59.3 Å². The quantitative estimate of drug-likeness (QED) is 0.395. The van der Waals surface area contributed by atoms with Crippen molar-refractivity contribution in [2.75, 3.05) is 5.32 Å². The first kappa shape index (κ1) is 31.4. The van der Waals surface area contributed by atoms with Gasteiger partial charge in [0.15, 0.2) is 0 Å². The average Bonchev–Trinajstić information content (AvgIpc) is 2.65. The molecule has 0 aliphatic heterocycles. The molecule has 0 aliphatic rings. The van der Waals surface area contributed by atoms with Crippen LogP contribution in [0.25, 0.3) is 0 Å². The molecule has 1 heterocycles. The molecule has 1 aromatic heterocycles. The van der Waals surface area contributed by atoms with Gasteiger partial charge in [-0.05, 0) is 12.1 Å². The number of carbonyl (C=O) groups excluding carboxylic acids is 1. The predicted octanol–water partition coefficient (Wildman–Crippen LogP) is 5.89. The molecule has 0 saturated heterocycles. The van der Waals surface area contributed by atoms with Crippen LogP contribution in [0.1, 0.15) is 0 Å². The number of rotatable bonds is 8. The van der Waals surface area contributed by atoms with Gasteiger partial charge < -0.3 is 5.32 Å². The van der Waals surface area contributed by atoms with Crippen molar-refractivity contribution in [1.29, 1.82) is 0 Å². The number of hydrogen-bond donors (Lipinski definition) is 1. The van der Waals surface area contributed by atoms with E-state index in [1.54, 1.807) is 0 Å². The summed E-state index contributed by atoms with van der Waals surface area (Å²) in [6, 6.07) is 1.36. The van der Waals surface area contributed by atoms with Crippen LogP contribution < -0.4 is 5.32 Å². The van der Waals surface area contributed by atoms with E-state index in [-0.39, 0.29) is 0 Å². The lowest BCUT2D eigenvalue weighted by molar-refractivity contribution is -0.548. The smallest absolute Gasteiger partial charge is 0.319 e. The van der Waals surface area contributed by atoms with Gasteiger partial charge in [0.2, 0.25) is 0 Å². The Balaban J connectivity index is 3.61. The fourth-order valence-corrected chi connectivity index (χ4v) is 1.81. The second-order valence-corrected chi connectivity index (χ2v) is 6.19. The molecule has 0 unspecified atom stereocenters. The highest BCUT2D eigenvalue weighted by Crippen LogP contribution is 2.56. The molecule has 0 bridgehead atoms. The van der Waals surface area contributed by atoms with E-state index in [2.05, 4.69) is 4.98 Å². The Morgan fingerprint density at radius 3 is 1.56 bits per heavy atom. The highest BCUT2D eigenvalue weighted by atomic mass is 19.4. The zero-order valence-corrected chi connectivity index (χ0v) is 15.9. The van der Waals surface area contributed by atoms with E-state index in [1.807, 2.05) is 4.74 Å². The van der Waals surface area contributed by atoms with Gasteiger partial charge in [0.25, 0.3) is 5.91 Å². The molecule has 1 N–H and O–H groups in total. The number of halogens is 17. The van der Waals surface area contributed by atoms with E-state index in [0.717, 1.165) is 17.6 Å². The normalized spacial score (nSPS) is 17.8. The second-order valence-electron chi connectivity index (χ2n) is 6.19. The van der Waals surface area contributed by atoms with E-state index >= 15 is 0 Å². The number of amides is 1. The predicted molar refractivity (Wildman–Crippen MR) is 75.7 cm³/mol. The average molecular weight is 572 g/mol. The number of alkyl halides is 17. The minimum atomic E-state index is -8.06. The Labute approximate surface area is 185 Å². The fourth-order valence-electron chi connectivity index (χ4n) is 1.81. The number of nitrogens with zero attached hydrogens (tertiary/aromatic N) is 1. The van der Waals surface area contributed by atoms with E-state index < -0.39 is 60.0 Å². The third-order valence-electron chi connectivity index (χ3n) is 3.57. The molecule has 1 aromatic rings. The lowest BCUT2D eigenvalue weighted by Gasteiger charge is -2.40. The van der Waals surface area contributed by atoms with Crippen LogP contribution in [0.5, 0.6) is 0 Å². The van der Waals surface area contributed by atoms with Gasteiger partial charge in [-0.25, -0.2) is 0 Å². The van der Waals surface area contributed by atoms with Gasteiger partial charge in [-0.2, -0.15) is 74.6 Å². The summed E-state index contributed by atoms with van der Waals surface area (Å²) in [5.41, 5.74) is -1.00. The van der Waals surface area contributed by atoms with Crippen LogP contribution in [-0.2, 0) is 14.3 Å². The maximum absolute atomic E-state index is 14.3. The lowest BCUT2D eigenvalue weighted by atomic mass is 10.2. The first-order chi connectivity index (χ1) is 15.7. The summed E-state index contributed by atoms with van der Waals surface area (Å²) in [5, 5.41) is 0.778. The van der Waals surface area contributed by atoms with Crippen molar-refractivity contribution in [3.05, 3.63) is 24.5 Å². The van der Waals surface area contributed by atoms with Crippen molar-refractivity contribution >= 4 is 11.6 Å². The highest BCUT2D eigenvalue weighted by molar-refractivity contribution is 5.96. The summed E-state index contributed by atoms with van der Waals surface area (Å²) in [6.07, 6.45) is -37.3. The maximum Gasteiger partial charge on any atom is 0.462 e. The molecule has 0 saturated carbocycles. The van der Waals surface area contributed by atoms with Crippen LogP contribution in [0.2, 0.25) is 0 Å². The van der Waals surface area contributed by atoms with Crippen molar-refractivity contribution < 1.29 is 88.9 Å². The molecule has 0 radical (unpaired) electrons. The van der Waals surface area contributed by atoms with Crippen LogP contribution in [0, 0.1) is 0 Å². The van der Waals surface area contributed by atoms with E-state index in [4.69, 9.17) is 0 Å². The van der Waals surface area contributed by atoms with Gasteiger partial charge in [-0.3, -0.25) is 19.3 Å². The van der Waals surface area contributed by atoms with E-state index in [1.165, 1.54) is 4.74 Å². The molecule has 1 amide bonds. The zero-order valence-electron chi connectivity index (χ0n) is 15.9. The molecule has 208 valence electrons. The molecule has 1 rings (SSSR count). The van der Waals surface area contributed by atoms with Gasteiger partial charge >= 0.3 is 48.4 Å². The van der Waals surface area contributed by atoms with Gasteiger partial charge in [-0.1, -0.05) is 0 Å². The highest BCUT2D eigenvalue weighted by Gasteiger charge is 2.85. The summed E-state index contributed by atoms with van der Waals surface area (Å²) in [7, 11) is 0. The molecule has 0 aromatic carbocycles. The number of carbonyl (C=O) groups is 1. The van der Waals surface area contributed by atoms with Crippen LogP contribution in [0.3, 0.4) is 0 Å². The summed E-state index contributed by atoms with van der Waals surface area (Å²) < 4.78 is 225. The monoisotopic (exact) mass is 572 g/mol. The Bertz CT molecular complexity index is 929. The molecule has 0 fully saturated rings. The van der Waals surface area contributed by atoms with E-state index in [0.29, 0.717) is 12.3 Å². The molecule has 0 spiro atoms. The fraction of sp³-hybridized carbons (Fsp3) is 0.571. The van der Waals surface area contributed by atoms with Crippen molar-refractivity contribution in [3.63, 3.8) is 0 Å². The maximum atomic E-state index is 14.3. The van der Waals surface area contributed by atoms with Crippen molar-refractivity contribution in [3.8, 4) is 0 Å². The Morgan fingerprint density at radius 2 is 1.19 bits per heavy atom. The summed E-state index contributed by atoms with van der Waals surface area (Å²) in [5.74, 6) is -26.3. The van der Waals surface area contributed by atoms with E-state index in [9.17, 15) is 79.4 Å². The summed E-state index contributed by atoms with van der Waals surface area (Å²) in [4.78, 5) is 14.7. The lowest BCUT2D eigenvalue weighted by Crippen LogP contribution is -2.68. The molecule has 0 aliphatic carbocycles. The van der Waals surface area contributed by atoms with Crippen LogP contribution in [0.15, 0.2) is 24.5 Å². The third-order valence-corrected chi connectivity index (χ3v) is 3.57. The molecule has 22 heteroatoms. The van der Waals surface area contributed by atoms with Gasteiger partial charge in [-0.15, -0.1) is 0 Å². The Morgan fingerprint density at radius 1 is 0.694 bits per heavy atom. The first-order valence-corrected chi connectivity index (χ1v) is 7.99. The number of anilines is 1. The van der Waals surface area contributed by atoms with Crippen LogP contribution in [0.4, 0.5) is 80.3 Å². The molecule has 2 atom stereocenters. The number of aromatic nitrogens is 1. The topological polar surface area (TPSA) is 60.5 Å². The molecule has 5 nitrogen and oxygen atoms in total. The largest absolute Gasteiger partial charge is 0.462 e. The minimum absolute atomic E-state index is 0.380. The van der Waals surface area contributed by atoms with Gasteiger partial charge in [0.1, 0.15) is 0 Å². The van der Waals surface area contributed by atoms with Crippen molar-refractivity contribution in [2.45, 2.75) is 48.4 Å². The minimum Gasteiger partial charge on any atom is -0.319 e. The molecular formula is C14H5F17N2O3. The number of ether oxygens (including phenoxy) is 2. The first-order valence-electron chi connectivity index (χ1n) is 7.99. The number of hydrogen-bond acceptors (Lipinski definition) is 4. The molecular weight excluding hydrogens is 567 g/mol. The zero-order chi connectivity index (χ0) is 28.8.